The lowest BCUT2D eigenvalue weighted by atomic mass is 10.00. The molecule has 3 N–H and O–H groups in total. The van der Waals surface area contributed by atoms with E-state index in [9.17, 15) is 23.1 Å². The number of nitrogens with zero attached hydrogens (tertiary/aromatic N) is 4. The highest BCUT2D eigenvalue weighted by molar-refractivity contribution is 6.39. The first-order chi connectivity index (χ1) is 23.0. The number of fused-ring (bicyclic) bond motifs is 1. The van der Waals surface area contributed by atoms with Gasteiger partial charge in [0.15, 0.2) is 0 Å². The van der Waals surface area contributed by atoms with E-state index in [1.54, 1.807) is 36.4 Å². The molecule has 5 aromatic rings. The van der Waals surface area contributed by atoms with Crippen LogP contribution in [0.15, 0.2) is 65.6 Å². The number of methoxy groups -OCH3 is 1. The van der Waals surface area contributed by atoms with Gasteiger partial charge in [-0.25, -0.2) is 14.6 Å². The Labute approximate surface area is 282 Å². The third-order valence-electron chi connectivity index (χ3n) is 8.05. The lowest BCUT2D eigenvalue weighted by Crippen LogP contribution is -2.46. The Morgan fingerprint density at radius 2 is 1.79 bits per heavy atom. The van der Waals surface area contributed by atoms with E-state index in [1.807, 2.05) is 12.1 Å². The molecule has 15 heteroatoms. The summed E-state index contributed by atoms with van der Waals surface area (Å²) in [5.74, 6) is 0.0633. The molecule has 0 saturated carbocycles. The van der Waals surface area contributed by atoms with Gasteiger partial charge in [-0.1, -0.05) is 59.6 Å². The molecule has 0 spiro atoms. The van der Waals surface area contributed by atoms with Crippen LogP contribution in [0.5, 0.6) is 5.88 Å². The molecule has 0 amide bonds. The largest absolute Gasteiger partial charge is 0.481 e. The molecule has 1 saturated heterocycles. The summed E-state index contributed by atoms with van der Waals surface area (Å²) in [6, 6.07) is 14.6. The number of aliphatic hydroxyl groups excluding tert-OH is 1. The molecular formula is C33H29Cl2F3N6O4. The van der Waals surface area contributed by atoms with Crippen LogP contribution in [-0.4, -0.2) is 57.3 Å². The van der Waals surface area contributed by atoms with Gasteiger partial charge in [0.25, 0.3) is 5.56 Å². The van der Waals surface area contributed by atoms with Crippen molar-refractivity contribution < 1.29 is 27.8 Å². The maximum Gasteiger partial charge on any atom is 0.433 e. The monoisotopic (exact) mass is 700 g/mol. The fourth-order valence-corrected chi connectivity index (χ4v) is 6.12. The molecule has 0 aliphatic carbocycles. The maximum absolute atomic E-state index is 13.7. The fraction of sp³-hybridized carbons (Fsp3) is 0.273. The number of hydrogen-bond donors (Lipinski definition) is 3. The normalized spacial score (nSPS) is 16.7. The molecule has 48 heavy (non-hydrogen) atoms. The third-order valence-corrected chi connectivity index (χ3v) is 8.86. The highest BCUT2D eigenvalue weighted by Gasteiger charge is 2.34. The predicted octanol–water partition coefficient (Wildman–Crippen LogP) is 6.37. The smallest absolute Gasteiger partial charge is 0.433 e. The summed E-state index contributed by atoms with van der Waals surface area (Å²) >= 11 is 13.8. The van der Waals surface area contributed by atoms with Crippen LogP contribution in [0.1, 0.15) is 17.7 Å². The van der Waals surface area contributed by atoms with Gasteiger partial charge in [-0.15, -0.1) is 0 Å². The van der Waals surface area contributed by atoms with E-state index in [-0.39, 0.29) is 39.9 Å². The molecule has 0 unspecified atom stereocenters. The van der Waals surface area contributed by atoms with Gasteiger partial charge in [0, 0.05) is 53.9 Å². The number of rotatable bonds is 8. The zero-order valence-corrected chi connectivity index (χ0v) is 27.1. The summed E-state index contributed by atoms with van der Waals surface area (Å²) < 4.78 is 53.1. The standard InChI is InChI=1S/C33H29Cl2F3N6O4/c1-44-32(46)27-18(15-40-44)13-26(33(36,37)38)43-30(27)41-24-8-4-6-20(29(24)35)19-5-3-7-21(28(19)34)22-10-9-17(31(42-22)47-2)14-39-23-11-12-48-16-25(23)45/h3-10,13,15,23,25,39,45H,11-12,14,16H2,1-2H3,(H,41,43)/t23-,25+/m0/s1. The molecule has 10 nitrogen and oxygen atoms in total. The minimum absolute atomic E-state index is 0.0307. The van der Waals surface area contributed by atoms with Crippen LogP contribution in [0.2, 0.25) is 10.0 Å². The topological polar surface area (TPSA) is 123 Å². The van der Waals surface area contributed by atoms with Gasteiger partial charge in [-0.3, -0.25) is 4.79 Å². The Hall–Kier alpha value is -4.27. The molecule has 1 aliphatic rings. The molecule has 1 aliphatic heterocycles. The number of anilines is 2. The zero-order valence-electron chi connectivity index (χ0n) is 25.6. The van der Waals surface area contributed by atoms with Crippen molar-refractivity contribution in [2.24, 2.45) is 7.05 Å². The second-order valence-electron chi connectivity index (χ2n) is 11.1. The molecule has 0 bridgehead atoms. The van der Waals surface area contributed by atoms with Crippen molar-refractivity contribution >= 4 is 45.5 Å². The van der Waals surface area contributed by atoms with Crippen molar-refractivity contribution in [3.05, 3.63) is 92.5 Å². The molecule has 2 atom stereocenters. The lowest BCUT2D eigenvalue weighted by Gasteiger charge is -2.28. The van der Waals surface area contributed by atoms with Crippen molar-refractivity contribution in [3.63, 3.8) is 0 Å². The Kier molecular flexibility index (Phi) is 9.59. The van der Waals surface area contributed by atoms with Crippen molar-refractivity contribution in [2.75, 3.05) is 25.6 Å². The molecule has 1 fully saturated rings. The summed E-state index contributed by atoms with van der Waals surface area (Å²) in [5, 5.41) is 20.6. The Bertz CT molecular complexity index is 2060. The summed E-state index contributed by atoms with van der Waals surface area (Å²) in [5.41, 5.74) is 1.29. The van der Waals surface area contributed by atoms with Crippen LogP contribution >= 0.6 is 23.2 Å². The Balaban J connectivity index is 1.34. The highest BCUT2D eigenvalue weighted by Crippen LogP contribution is 2.42. The molecule has 0 radical (unpaired) electrons. The minimum atomic E-state index is -4.77. The van der Waals surface area contributed by atoms with E-state index in [0.29, 0.717) is 52.9 Å². The van der Waals surface area contributed by atoms with E-state index in [2.05, 4.69) is 20.7 Å². The van der Waals surface area contributed by atoms with Crippen LogP contribution in [0, 0.1) is 0 Å². The number of pyridine rings is 2. The molecule has 250 valence electrons. The average Bonchev–Trinajstić information content (AvgIpc) is 3.06. The summed E-state index contributed by atoms with van der Waals surface area (Å²) in [6.07, 6.45) is -3.53. The SMILES string of the molecule is COc1nc(-c2cccc(-c3cccc(Nc4nc(C(F)(F)F)cc5cnn(C)c(=O)c45)c3Cl)c2Cl)ccc1CN[C@H]1CCOC[C@H]1O. The number of aliphatic hydroxyl groups is 1. The number of benzene rings is 2. The highest BCUT2D eigenvalue weighted by atomic mass is 35.5. The van der Waals surface area contributed by atoms with Crippen molar-refractivity contribution in [1.82, 2.24) is 25.1 Å². The van der Waals surface area contributed by atoms with Gasteiger partial charge in [-0.2, -0.15) is 18.3 Å². The quantitative estimate of drug-likeness (QED) is 0.169. The summed E-state index contributed by atoms with van der Waals surface area (Å²) in [4.78, 5) is 21.4. The number of halogens is 5. The number of ether oxygens (including phenoxy) is 2. The molecule has 6 rings (SSSR count). The predicted molar refractivity (Wildman–Crippen MR) is 177 cm³/mol. The molecule has 3 aromatic heterocycles. The van der Waals surface area contributed by atoms with Crippen LogP contribution in [0.3, 0.4) is 0 Å². The number of alkyl halides is 3. The van der Waals surface area contributed by atoms with Crippen molar-refractivity contribution in [2.45, 2.75) is 31.3 Å². The first kappa shape index (κ1) is 33.6. The first-order valence-corrected chi connectivity index (χ1v) is 15.5. The van der Waals surface area contributed by atoms with Gasteiger partial charge in [0.2, 0.25) is 5.88 Å². The summed E-state index contributed by atoms with van der Waals surface area (Å²) in [6.45, 7) is 1.26. The molecule has 4 heterocycles. The van der Waals surface area contributed by atoms with Gasteiger partial charge in [0.1, 0.15) is 11.5 Å². The number of nitrogens with one attached hydrogen (secondary N) is 2. The minimum Gasteiger partial charge on any atom is -0.481 e. The van der Waals surface area contributed by atoms with Crippen molar-refractivity contribution in [1.29, 1.82) is 0 Å². The van der Waals surface area contributed by atoms with Gasteiger partial charge in [0.05, 0.1) is 52.8 Å². The zero-order chi connectivity index (χ0) is 34.2. The van der Waals surface area contributed by atoms with Crippen LogP contribution < -0.4 is 20.9 Å². The number of hydrogen-bond acceptors (Lipinski definition) is 9. The molecule has 2 aromatic carbocycles. The van der Waals surface area contributed by atoms with E-state index in [0.717, 1.165) is 16.3 Å². The third kappa shape index (κ3) is 6.69. The van der Waals surface area contributed by atoms with Crippen LogP contribution in [0.4, 0.5) is 24.7 Å². The first-order valence-electron chi connectivity index (χ1n) is 14.8. The van der Waals surface area contributed by atoms with Gasteiger partial charge < -0.3 is 25.2 Å². The van der Waals surface area contributed by atoms with Gasteiger partial charge in [-0.05, 0) is 24.6 Å². The number of aryl methyl sites for hydroxylation is 1. The van der Waals surface area contributed by atoms with Crippen molar-refractivity contribution in [3.8, 4) is 28.3 Å². The fourth-order valence-electron chi connectivity index (χ4n) is 5.52. The number of aromatic nitrogens is 4. The second kappa shape index (κ2) is 13.7. The van der Waals surface area contributed by atoms with E-state index in [1.165, 1.54) is 20.4 Å². The van der Waals surface area contributed by atoms with Crippen LogP contribution in [-0.2, 0) is 24.5 Å². The van der Waals surface area contributed by atoms with Gasteiger partial charge >= 0.3 is 6.18 Å². The van der Waals surface area contributed by atoms with Crippen LogP contribution in [0.25, 0.3) is 33.2 Å². The van der Waals surface area contributed by atoms with E-state index >= 15 is 0 Å². The summed E-state index contributed by atoms with van der Waals surface area (Å²) in [7, 11) is 2.91. The Morgan fingerprint density at radius 1 is 1.06 bits per heavy atom. The second-order valence-corrected chi connectivity index (χ2v) is 11.9. The Morgan fingerprint density at radius 3 is 2.52 bits per heavy atom. The molecular weight excluding hydrogens is 672 g/mol. The maximum atomic E-state index is 13.7. The van der Waals surface area contributed by atoms with E-state index in [4.69, 9.17) is 37.7 Å². The van der Waals surface area contributed by atoms with E-state index < -0.39 is 23.5 Å². The lowest BCUT2D eigenvalue weighted by molar-refractivity contribution is -0.140. The average molecular weight is 702 g/mol.